The molecule has 1 aliphatic heterocycles. The van der Waals surface area contributed by atoms with Gasteiger partial charge in [-0.15, -0.1) is 5.10 Å². The Hall–Kier alpha value is -0.750. The van der Waals surface area contributed by atoms with Gasteiger partial charge in [-0.25, -0.2) is 4.52 Å². The third-order valence-corrected chi connectivity index (χ3v) is 4.57. The monoisotopic (exact) mass is 312 g/mol. The molecule has 2 aromatic rings. The number of anilines is 1. The van der Waals surface area contributed by atoms with Crippen LogP contribution in [0.4, 0.5) is 5.95 Å². The second kappa shape index (κ2) is 4.86. The van der Waals surface area contributed by atoms with E-state index in [0.717, 1.165) is 28.5 Å². The van der Waals surface area contributed by atoms with Crippen molar-refractivity contribution in [3.63, 3.8) is 0 Å². The summed E-state index contributed by atoms with van der Waals surface area (Å²) in [5.74, 6) is 4.03. The molecule has 0 saturated carbocycles. The van der Waals surface area contributed by atoms with E-state index in [9.17, 15) is 0 Å². The first-order valence-electron chi connectivity index (χ1n) is 5.65. The minimum Gasteiger partial charge on any atom is -0.353 e. The number of fused-ring (bicyclic) bond motifs is 1. The quantitative estimate of drug-likeness (QED) is 0.946. The molecular formula is C11H13BrN4S. The molecule has 1 saturated heterocycles. The lowest BCUT2D eigenvalue weighted by molar-refractivity contribution is 0.629. The van der Waals surface area contributed by atoms with E-state index in [-0.39, 0.29) is 0 Å². The van der Waals surface area contributed by atoms with Crippen LogP contribution < -0.4 is 5.32 Å². The molecular weight excluding hydrogens is 300 g/mol. The first-order chi connectivity index (χ1) is 8.31. The summed E-state index contributed by atoms with van der Waals surface area (Å²) < 4.78 is 2.80. The smallest absolute Gasteiger partial charge is 0.243 e. The van der Waals surface area contributed by atoms with Crippen LogP contribution in [0.2, 0.25) is 0 Å². The van der Waals surface area contributed by atoms with E-state index in [1.807, 2.05) is 30.1 Å². The highest BCUT2D eigenvalue weighted by molar-refractivity contribution is 9.10. The average Bonchev–Trinajstić information content (AvgIpc) is 2.94. The summed E-state index contributed by atoms with van der Waals surface area (Å²) in [6, 6.07) is 3.93. The number of hydrogen-bond donors (Lipinski definition) is 1. The third kappa shape index (κ3) is 2.57. The fourth-order valence-electron chi connectivity index (χ4n) is 1.91. The Morgan fingerprint density at radius 2 is 2.47 bits per heavy atom. The summed E-state index contributed by atoms with van der Waals surface area (Å²) in [6.45, 7) is 0.977. The molecule has 1 atom stereocenters. The van der Waals surface area contributed by atoms with Crippen molar-refractivity contribution in [2.45, 2.75) is 6.42 Å². The standard InChI is InChI=1S/C11H13BrN4S/c12-9-1-2-10-14-11(15-16(10)6-9)13-5-8-3-4-17-7-8/h1-2,6,8H,3-5,7H2,(H,13,15). The van der Waals surface area contributed by atoms with Gasteiger partial charge in [0.2, 0.25) is 5.95 Å². The molecule has 1 N–H and O–H groups in total. The van der Waals surface area contributed by atoms with Gasteiger partial charge in [-0.2, -0.15) is 16.7 Å². The number of nitrogens with zero attached hydrogens (tertiary/aromatic N) is 3. The minimum atomic E-state index is 0.722. The van der Waals surface area contributed by atoms with Gasteiger partial charge < -0.3 is 5.32 Å². The minimum absolute atomic E-state index is 0.722. The first-order valence-corrected chi connectivity index (χ1v) is 7.59. The molecule has 0 radical (unpaired) electrons. The predicted octanol–water partition coefficient (Wildman–Crippen LogP) is 2.66. The summed E-state index contributed by atoms with van der Waals surface area (Å²) >= 11 is 5.45. The third-order valence-electron chi connectivity index (χ3n) is 2.87. The molecule has 1 unspecified atom stereocenters. The highest BCUT2D eigenvalue weighted by Gasteiger charge is 2.15. The maximum absolute atomic E-state index is 4.43. The molecule has 4 nitrogen and oxygen atoms in total. The van der Waals surface area contributed by atoms with Crippen molar-refractivity contribution in [3.8, 4) is 0 Å². The number of rotatable bonds is 3. The molecule has 3 heterocycles. The molecule has 0 bridgehead atoms. The average molecular weight is 313 g/mol. The largest absolute Gasteiger partial charge is 0.353 e. The van der Waals surface area contributed by atoms with Crippen molar-refractivity contribution in [1.29, 1.82) is 0 Å². The van der Waals surface area contributed by atoms with Gasteiger partial charge in [0.15, 0.2) is 5.65 Å². The van der Waals surface area contributed by atoms with E-state index in [2.05, 4.69) is 31.3 Å². The zero-order valence-corrected chi connectivity index (χ0v) is 11.7. The van der Waals surface area contributed by atoms with Crippen molar-refractivity contribution >= 4 is 39.3 Å². The number of nitrogens with one attached hydrogen (secondary N) is 1. The molecule has 0 amide bonds. The molecule has 0 spiro atoms. The van der Waals surface area contributed by atoms with Crippen molar-refractivity contribution < 1.29 is 0 Å². The van der Waals surface area contributed by atoms with Gasteiger partial charge in [-0.05, 0) is 51.9 Å². The molecule has 2 aromatic heterocycles. The Labute approximate surface area is 112 Å². The second-order valence-electron chi connectivity index (χ2n) is 4.20. The molecule has 1 fully saturated rings. The van der Waals surface area contributed by atoms with Gasteiger partial charge in [0, 0.05) is 17.2 Å². The Morgan fingerprint density at radius 3 is 3.29 bits per heavy atom. The maximum Gasteiger partial charge on any atom is 0.243 e. The summed E-state index contributed by atoms with van der Waals surface area (Å²) in [6.07, 6.45) is 3.22. The summed E-state index contributed by atoms with van der Waals surface area (Å²) in [5.41, 5.74) is 0.872. The van der Waals surface area contributed by atoms with Gasteiger partial charge in [-0.3, -0.25) is 0 Å². The molecule has 0 aromatic carbocycles. The van der Waals surface area contributed by atoms with Gasteiger partial charge in [0.1, 0.15) is 0 Å². The normalized spacial score (nSPS) is 19.9. The van der Waals surface area contributed by atoms with Gasteiger partial charge >= 0.3 is 0 Å². The van der Waals surface area contributed by atoms with E-state index >= 15 is 0 Å². The molecule has 0 aliphatic carbocycles. The van der Waals surface area contributed by atoms with Crippen LogP contribution in [0.15, 0.2) is 22.8 Å². The molecule has 1 aliphatic rings. The Kier molecular flexibility index (Phi) is 3.24. The van der Waals surface area contributed by atoms with Crippen LogP contribution in [0.25, 0.3) is 5.65 Å². The van der Waals surface area contributed by atoms with Crippen LogP contribution in [0.5, 0.6) is 0 Å². The van der Waals surface area contributed by atoms with Crippen LogP contribution in [-0.2, 0) is 0 Å². The SMILES string of the molecule is Brc1ccc2nc(NCC3CCSC3)nn2c1. The van der Waals surface area contributed by atoms with Crippen LogP contribution in [0, 0.1) is 5.92 Å². The Morgan fingerprint density at radius 1 is 1.53 bits per heavy atom. The number of aromatic nitrogens is 3. The number of thioether (sulfide) groups is 1. The molecule has 6 heteroatoms. The van der Waals surface area contributed by atoms with Crippen LogP contribution in [0.3, 0.4) is 0 Å². The van der Waals surface area contributed by atoms with Gasteiger partial charge in [-0.1, -0.05) is 0 Å². The van der Waals surface area contributed by atoms with E-state index in [0.29, 0.717) is 0 Å². The molecule has 17 heavy (non-hydrogen) atoms. The number of halogens is 1. The highest BCUT2D eigenvalue weighted by atomic mass is 79.9. The van der Waals surface area contributed by atoms with Gasteiger partial charge in [0.05, 0.1) is 0 Å². The zero-order chi connectivity index (χ0) is 11.7. The Balaban J connectivity index is 1.72. The van der Waals surface area contributed by atoms with Crippen molar-refractivity contribution in [2.24, 2.45) is 5.92 Å². The van der Waals surface area contributed by atoms with Gasteiger partial charge in [0.25, 0.3) is 0 Å². The fraction of sp³-hybridized carbons (Fsp3) is 0.455. The number of pyridine rings is 1. The lowest BCUT2D eigenvalue weighted by Crippen LogP contribution is -2.14. The maximum atomic E-state index is 4.43. The van der Waals surface area contributed by atoms with E-state index in [4.69, 9.17) is 0 Å². The zero-order valence-electron chi connectivity index (χ0n) is 9.27. The first kappa shape index (κ1) is 11.3. The lowest BCUT2D eigenvalue weighted by Gasteiger charge is -2.07. The Bertz CT molecular complexity index is 521. The molecule has 90 valence electrons. The highest BCUT2D eigenvalue weighted by Crippen LogP contribution is 2.23. The van der Waals surface area contributed by atoms with E-state index in [1.54, 1.807) is 4.52 Å². The van der Waals surface area contributed by atoms with Crippen LogP contribution in [0.1, 0.15) is 6.42 Å². The molecule has 3 rings (SSSR count). The summed E-state index contributed by atoms with van der Waals surface area (Å²) in [4.78, 5) is 4.43. The van der Waals surface area contributed by atoms with Crippen molar-refractivity contribution in [2.75, 3.05) is 23.4 Å². The fourth-order valence-corrected chi connectivity index (χ4v) is 3.52. The summed E-state index contributed by atoms with van der Waals surface area (Å²) in [5, 5.41) is 7.72. The predicted molar refractivity (Wildman–Crippen MR) is 74.6 cm³/mol. The topological polar surface area (TPSA) is 42.2 Å². The van der Waals surface area contributed by atoms with E-state index < -0.39 is 0 Å². The van der Waals surface area contributed by atoms with Crippen molar-refractivity contribution in [3.05, 3.63) is 22.8 Å². The van der Waals surface area contributed by atoms with Crippen molar-refractivity contribution in [1.82, 2.24) is 14.6 Å². The number of hydrogen-bond acceptors (Lipinski definition) is 4. The van der Waals surface area contributed by atoms with Crippen LogP contribution >= 0.6 is 27.7 Å². The van der Waals surface area contributed by atoms with E-state index in [1.165, 1.54) is 17.9 Å². The lowest BCUT2D eigenvalue weighted by atomic mass is 10.1. The van der Waals surface area contributed by atoms with Crippen LogP contribution in [-0.4, -0.2) is 32.6 Å². The summed E-state index contributed by atoms with van der Waals surface area (Å²) in [7, 11) is 0. The second-order valence-corrected chi connectivity index (χ2v) is 6.26.